The molecule has 1 heterocycles. The van der Waals surface area contributed by atoms with Crippen LogP contribution in [0.5, 0.6) is 0 Å². The topological polar surface area (TPSA) is 29.5 Å². The number of amides is 1. The highest BCUT2D eigenvalue weighted by atomic mass is 16.5. The van der Waals surface area contributed by atoms with Crippen molar-refractivity contribution < 1.29 is 9.53 Å². The number of likely N-dealkylation sites (tertiary alicyclic amines) is 1. The Morgan fingerprint density at radius 3 is 2.32 bits per heavy atom. The second-order valence-corrected chi connectivity index (χ2v) is 6.89. The van der Waals surface area contributed by atoms with Gasteiger partial charge in [0.1, 0.15) is 0 Å². The van der Waals surface area contributed by atoms with Crippen molar-refractivity contribution >= 4 is 5.91 Å². The number of hydrogen-bond acceptors (Lipinski definition) is 2. The minimum absolute atomic E-state index is 0.128. The fourth-order valence-corrected chi connectivity index (χ4v) is 3.53. The standard InChI is InChI=1S/C22H27NO2/c1-3-4-17-5-7-19(8-6-17)20-9-11-21(12-10-20)22(24)23-14-13-18(15-23)16-25-2/h5-12,18H,3-4,13-16H2,1-2H3/t18-/m1/s1. The van der Waals surface area contributed by atoms with E-state index in [0.717, 1.165) is 50.1 Å². The maximum atomic E-state index is 12.6. The predicted octanol–water partition coefficient (Wildman–Crippen LogP) is 4.41. The van der Waals surface area contributed by atoms with Crippen LogP contribution in [0.25, 0.3) is 11.1 Å². The van der Waals surface area contributed by atoms with Crippen molar-refractivity contribution in [3.63, 3.8) is 0 Å². The van der Waals surface area contributed by atoms with E-state index >= 15 is 0 Å². The van der Waals surface area contributed by atoms with Crippen molar-refractivity contribution in [3.8, 4) is 11.1 Å². The number of aryl methyl sites for hydroxylation is 1. The molecule has 1 saturated heterocycles. The van der Waals surface area contributed by atoms with Crippen LogP contribution in [0, 0.1) is 5.92 Å². The number of benzene rings is 2. The lowest BCUT2D eigenvalue weighted by molar-refractivity contribution is 0.0775. The van der Waals surface area contributed by atoms with Gasteiger partial charge in [0.15, 0.2) is 0 Å². The summed E-state index contributed by atoms with van der Waals surface area (Å²) in [6.07, 6.45) is 3.31. The molecular weight excluding hydrogens is 310 g/mol. The molecule has 25 heavy (non-hydrogen) atoms. The van der Waals surface area contributed by atoms with Gasteiger partial charge in [-0.1, -0.05) is 49.7 Å². The second kappa shape index (κ2) is 8.30. The summed E-state index contributed by atoms with van der Waals surface area (Å²) < 4.78 is 5.21. The number of nitrogens with zero attached hydrogens (tertiary/aromatic N) is 1. The average Bonchev–Trinajstić information content (AvgIpc) is 3.11. The van der Waals surface area contributed by atoms with Crippen molar-refractivity contribution in [1.82, 2.24) is 4.90 Å². The Labute approximate surface area is 150 Å². The SMILES string of the molecule is CCCc1ccc(-c2ccc(C(=O)N3CC[C@@H](COC)C3)cc2)cc1. The lowest BCUT2D eigenvalue weighted by Crippen LogP contribution is -2.29. The van der Waals surface area contributed by atoms with E-state index in [1.165, 1.54) is 11.1 Å². The highest BCUT2D eigenvalue weighted by Crippen LogP contribution is 2.23. The first-order valence-electron chi connectivity index (χ1n) is 9.19. The van der Waals surface area contributed by atoms with Crippen LogP contribution < -0.4 is 0 Å². The molecule has 0 radical (unpaired) electrons. The monoisotopic (exact) mass is 337 g/mol. The third-order valence-corrected chi connectivity index (χ3v) is 4.93. The van der Waals surface area contributed by atoms with Gasteiger partial charge >= 0.3 is 0 Å². The number of rotatable bonds is 6. The molecular formula is C22H27NO2. The molecule has 0 aliphatic carbocycles. The van der Waals surface area contributed by atoms with Crippen LogP contribution in [0.1, 0.15) is 35.7 Å². The highest BCUT2D eigenvalue weighted by Gasteiger charge is 2.26. The van der Waals surface area contributed by atoms with Crippen LogP contribution in [0.3, 0.4) is 0 Å². The van der Waals surface area contributed by atoms with Crippen molar-refractivity contribution in [2.45, 2.75) is 26.2 Å². The summed E-state index contributed by atoms with van der Waals surface area (Å²) in [7, 11) is 1.72. The molecule has 0 bridgehead atoms. The van der Waals surface area contributed by atoms with Gasteiger partial charge < -0.3 is 9.64 Å². The highest BCUT2D eigenvalue weighted by molar-refractivity contribution is 5.94. The number of ether oxygens (including phenoxy) is 1. The molecule has 0 spiro atoms. The Kier molecular flexibility index (Phi) is 5.87. The van der Waals surface area contributed by atoms with E-state index in [-0.39, 0.29) is 5.91 Å². The Hall–Kier alpha value is -2.13. The molecule has 132 valence electrons. The first kappa shape index (κ1) is 17.7. The maximum Gasteiger partial charge on any atom is 0.253 e. The van der Waals surface area contributed by atoms with Crippen molar-refractivity contribution in [1.29, 1.82) is 0 Å². The molecule has 3 nitrogen and oxygen atoms in total. The van der Waals surface area contributed by atoms with Crippen LogP contribution in [0.15, 0.2) is 48.5 Å². The first-order valence-corrected chi connectivity index (χ1v) is 9.19. The Morgan fingerprint density at radius 1 is 1.08 bits per heavy atom. The van der Waals surface area contributed by atoms with Gasteiger partial charge in [-0.15, -0.1) is 0 Å². The zero-order valence-electron chi connectivity index (χ0n) is 15.2. The molecule has 1 aliphatic heterocycles. The van der Waals surface area contributed by atoms with E-state index in [1.54, 1.807) is 7.11 Å². The van der Waals surface area contributed by atoms with E-state index in [0.29, 0.717) is 5.92 Å². The fraction of sp³-hybridized carbons (Fsp3) is 0.409. The van der Waals surface area contributed by atoms with E-state index in [2.05, 4.69) is 31.2 Å². The summed E-state index contributed by atoms with van der Waals surface area (Å²) in [5.41, 5.74) is 4.49. The van der Waals surface area contributed by atoms with Gasteiger partial charge in [0, 0.05) is 31.7 Å². The molecule has 0 saturated carbocycles. The van der Waals surface area contributed by atoms with Crippen molar-refractivity contribution in [3.05, 3.63) is 59.7 Å². The van der Waals surface area contributed by atoms with Crippen LogP contribution in [-0.4, -0.2) is 37.6 Å². The van der Waals surface area contributed by atoms with Gasteiger partial charge in [0.2, 0.25) is 0 Å². The molecule has 0 N–H and O–H groups in total. The minimum Gasteiger partial charge on any atom is -0.384 e. The summed E-state index contributed by atoms with van der Waals surface area (Å²) in [6.45, 7) is 4.55. The van der Waals surface area contributed by atoms with E-state index in [9.17, 15) is 4.79 Å². The number of methoxy groups -OCH3 is 1. The summed E-state index contributed by atoms with van der Waals surface area (Å²) >= 11 is 0. The maximum absolute atomic E-state index is 12.6. The van der Waals surface area contributed by atoms with Crippen LogP contribution >= 0.6 is 0 Å². The summed E-state index contributed by atoms with van der Waals surface area (Å²) in [4.78, 5) is 14.6. The van der Waals surface area contributed by atoms with E-state index in [1.807, 2.05) is 29.2 Å². The lowest BCUT2D eigenvalue weighted by Gasteiger charge is -2.16. The largest absolute Gasteiger partial charge is 0.384 e. The normalized spacial score (nSPS) is 17.0. The number of hydrogen-bond donors (Lipinski definition) is 0. The summed E-state index contributed by atoms with van der Waals surface area (Å²) in [6, 6.07) is 16.7. The number of carbonyl (C=O) groups is 1. The zero-order valence-corrected chi connectivity index (χ0v) is 15.2. The third-order valence-electron chi connectivity index (χ3n) is 4.93. The van der Waals surface area contributed by atoms with Gasteiger partial charge in [-0.25, -0.2) is 0 Å². The molecule has 0 unspecified atom stereocenters. The third kappa shape index (κ3) is 4.29. The van der Waals surface area contributed by atoms with Crippen LogP contribution in [-0.2, 0) is 11.2 Å². The van der Waals surface area contributed by atoms with Gasteiger partial charge in [0.25, 0.3) is 5.91 Å². The molecule has 1 atom stereocenters. The molecule has 0 aromatic heterocycles. The molecule has 3 heteroatoms. The van der Waals surface area contributed by atoms with Gasteiger partial charge in [-0.2, -0.15) is 0 Å². The minimum atomic E-state index is 0.128. The molecule has 2 aromatic carbocycles. The zero-order chi connectivity index (χ0) is 17.6. The first-order chi connectivity index (χ1) is 12.2. The molecule has 1 aliphatic rings. The molecule has 2 aromatic rings. The predicted molar refractivity (Wildman–Crippen MR) is 102 cm³/mol. The molecule has 1 fully saturated rings. The van der Waals surface area contributed by atoms with Crippen LogP contribution in [0.4, 0.5) is 0 Å². The van der Waals surface area contributed by atoms with Gasteiger partial charge in [-0.05, 0) is 41.7 Å². The smallest absolute Gasteiger partial charge is 0.253 e. The molecule has 3 rings (SSSR count). The van der Waals surface area contributed by atoms with E-state index < -0.39 is 0 Å². The summed E-state index contributed by atoms with van der Waals surface area (Å²) in [5.74, 6) is 0.596. The van der Waals surface area contributed by atoms with Crippen molar-refractivity contribution in [2.75, 3.05) is 26.8 Å². The van der Waals surface area contributed by atoms with Crippen LogP contribution in [0.2, 0.25) is 0 Å². The lowest BCUT2D eigenvalue weighted by atomic mass is 10.0. The fourth-order valence-electron chi connectivity index (χ4n) is 3.53. The van der Waals surface area contributed by atoms with Gasteiger partial charge in [-0.3, -0.25) is 4.79 Å². The quantitative estimate of drug-likeness (QED) is 0.781. The van der Waals surface area contributed by atoms with Crippen molar-refractivity contribution in [2.24, 2.45) is 5.92 Å². The van der Waals surface area contributed by atoms with Gasteiger partial charge in [0.05, 0.1) is 6.61 Å². The van der Waals surface area contributed by atoms with E-state index in [4.69, 9.17) is 4.74 Å². The Bertz CT molecular complexity index is 691. The molecule has 1 amide bonds. The second-order valence-electron chi connectivity index (χ2n) is 6.89. The Morgan fingerprint density at radius 2 is 1.72 bits per heavy atom. The Balaban J connectivity index is 1.66. The number of carbonyl (C=O) groups excluding carboxylic acids is 1. The average molecular weight is 337 g/mol. The summed E-state index contributed by atoms with van der Waals surface area (Å²) in [5, 5.41) is 0.